The van der Waals surface area contributed by atoms with Gasteiger partial charge in [-0.3, -0.25) is 9.78 Å². The van der Waals surface area contributed by atoms with Crippen molar-refractivity contribution in [2.75, 3.05) is 29.9 Å². The van der Waals surface area contributed by atoms with Gasteiger partial charge in [0.2, 0.25) is 0 Å². The number of carbonyl (C=O) groups excluding carboxylic acids is 1. The number of amides is 1. The summed E-state index contributed by atoms with van der Waals surface area (Å²) in [4.78, 5) is 19.6. The summed E-state index contributed by atoms with van der Waals surface area (Å²) in [5, 5.41) is 12.9. The molecule has 1 aliphatic heterocycles. The third-order valence-electron chi connectivity index (χ3n) is 5.34. The number of carbonyl (C=O) groups is 1. The Kier molecular flexibility index (Phi) is 5.64. The zero-order chi connectivity index (χ0) is 21.1. The molecule has 1 aromatic heterocycles. The molecule has 1 saturated heterocycles. The van der Waals surface area contributed by atoms with Gasteiger partial charge in [-0.1, -0.05) is 0 Å². The molecule has 4 rings (SSSR count). The predicted molar refractivity (Wildman–Crippen MR) is 118 cm³/mol. The van der Waals surface area contributed by atoms with Crippen LogP contribution in [0.3, 0.4) is 0 Å². The van der Waals surface area contributed by atoms with Gasteiger partial charge in [0.25, 0.3) is 5.91 Å². The molecule has 30 heavy (non-hydrogen) atoms. The average molecular weight is 400 g/mol. The number of fused-ring (bicyclic) bond motifs is 1. The SMILES string of the molecule is CCO[C@@H]1CCN(c2cc(C)nc3cc(NC(=O)c4ccc(C#N)cc4)ccc23)C1. The molecule has 1 aliphatic rings. The summed E-state index contributed by atoms with van der Waals surface area (Å²) >= 11 is 0. The van der Waals surface area contributed by atoms with Crippen LogP contribution in [0.2, 0.25) is 0 Å². The molecule has 1 fully saturated rings. The maximum atomic E-state index is 12.6. The summed E-state index contributed by atoms with van der Waals surface area (Å²) in [5.74, 6) is -0.217. The minimum atomic E-state index is -0.217. The number of anilines is 2. The lowest BCUT2D eigenvalue weighted by atomic mass is 10.1. The first-order chi connectivity index (χ1) is 14.6. The van der Waals surface area contributed by atoms with Crippen molar-refractivity contribution in [3.63, 3.8) is 0 Å². The van der Waals surface area contributed by atoms with Crippen molar-refractivity contribution in [2.45, 2.75) is 26.4 Å². The molecule has 152 valence electrons. The van der Waals surface area contributed by atoms with E-state index in [0.29, 0.717) is 16.8 Å². The Hall–Kier alpha value is -3.43. The monoisotopic (exact) mass is 400 g/mol. The molecule has 2 heterocycles. The van der Waals surface area contributed by atoms with Gasteiger partial charge in [-0.05, 0) is 68.8 Å². The predicted octanol–water partition coefficient (Wildman–Crippen LogP) is 4.28. The van der Waals surface area contributed by atoms with Crippen LogP contribution < -0.4 is 10.2 Å². The van der Waals surface area contributed by atoms with Gasteiger partial charge in [-0.25, -0.2) is 0 Å². The number of rotatable bonds is 5. The van der Waals surface area contributed by atoms with Crippen LogP contribution in [-0.2, 0) is 4.74 Å². The van der Waals surface area contributed by atoms with Crippen molar-refractivity contribution < 1.29 is 9.53 Å². The lowest BCUT2D eigenvalue weighted by Crippen LogP contribution is -2.23. The smallest absolute Gasteiger partial charge is 0.255 e. The second kappa shape index (κ2) is 8.52. The maximum Gasteiger partial charge on any atom is 0.255 e. The molecule has 0 bridgehead atoms. The Morgan fingerprint density at radius 2 is 2.07 bits per heavy atom. The third kappa shape index (κ3) is 4.12. The summed E-state index contributed by atoms with van der Waals surface area (Å²) in [5.41, 5.74) is 4.67. The van der Waals surface area contributed by atoms with Crippen LogP contribution in [0.15, 0.2) is 48.5 Å². The molecule has 0 radical (unpaired) electrons. The highest BCUT2D eigenvalue weighted by Crippen LogP contribution is 2.31. The molecule has 1 amide bonds. The maximum absolute atomic E-state index is 12.6. The molecular formula is C24H24N4O2. The van der Waals surface area contributed by atoms with Crippen molar-refractivity contribution in [3.8, 4) is 6.07 Å². The van der Waals surface area contributed by atoms with Crippen LogP contribution in [0, 0.1) is 18.3 Å². The Morgan fingerprint density at radius 3 is 2.80 bits per heavy atom. The zero-order valence-corrected chi connectivity index (χ0v) is 17.2. The Balaban J connectivity index is 1.58. The van der Waals surface area contributed by atoms with Gasteiger partial charge < -0.3 is 15.0 Å². The van der Waals surface area contributed by atoms with E-state index in [-0.39, 0.29) is 12.0 Å². The van der Waals surface area contributed by atoms with Crippen molar-refractivity contribution >= 4 is 28.2 Å². The fraction of sp³-hybridized carbons (Fsp3) is 0.292. The summed E-state index contributed by atoms with van der Waals surface area (Å²) in [6, 6.07) is 16.6. The summed E-state index contributed by atoms with van der Waals surface area (Å²) < 4.78 is 5.79. The molecule has 1 atom stereocenters. The fourth-order valence-electron chi connectivity index (χ4n) is 3.90. The number of hydrogen-bond donors (Lipinski definition) is 1. The van der Waals surface area contributed by atoms with Gasteiger partial charge in [0.05, 0.1) is 23.3 Å². The van der Waals surface area contributed by atoms with Gasteiger partial charge in [0.15, 0.2) is 0 Å². The molecule has 2 aromatic carbocycles. The second-order valence-corrected chi connectivity index (χ2v) is 7.47. The molecule has 6 heteroatoms. The molecule has 3 aromatic rings. The van der Waals surface area contributed by atoms with Gasteiger partial charge in [-0.15, -0.1) is 0 Å². The summed E-state index contributed by atoms with van der Waals surface area (Å²) in [6.45, 7) is 6.59. The average Bonchev–Trinajstić information content (AvgIpc) is 3.21. The van der Waals surface area contributed by atoms with Crippen molar-refractivity contribution in [3.05, 3.63) is 65.4 Å². The Morgan fingerprint density at radius 1 is 1.27 bits per heavy atom. The van der Waals surface area contributed by atoms with Crippen molar-refractivity contribution in [1.82, 2.24) is 4.98 Å². The first kappa shape index (κ1) is 19.9. The first-order valence-corrected chi connectivity index (χ1v) is 10.2. The molecule has 0 aliphatic carbocycles. The Labute approximate surface area is 176 Å². The van der Waals surface area contributed by atoms with E-state index in [9.17, 15) is 4.79 Å². The zero-order valence-electron chi connectivity index (χ0n) is 17.2. The summed E-state index contributed by atoms with van der Waals surface area (Å²) in [6.07, 6.45) is 1.29. The standard InChI is InChI=1S/C24H24N4O2/c1-3-30-20-10-11-28(15-20)23-12-16(2)26-22-13-19(8-9-21(22)23)27-24(29)18-6-4-17(14-25)5-7-18/h4-9,12-13,20H,3,10-11,15H2,1-2H3,(H,27,29)/t20-/m1/s1. The number of pyridine rings is 1. The highest BCUT2D eigenvalue weighted by Gasteiger charge is 2.24. The van der Waals surface area contributed by atoms with Crippen LogP contribution in [-0.4, -0.2) is 36.7 Å². The molecule has 0 unspecified atom stereocenters. The van der Waals surface area contributed by atoms with E-state index in [4.69, 9.17) is 10.00 Å². The van der Waals surface area contributed by atoms with E-state index in [1.165, 1.54) is 0 Å². The number of nitrogens with one attached hydrogen (secondary N) is 1. The van der Waals surface area contributed by atoms with E-state index < -0.39 is 0 Å². The van der Waals surface area contributed by atoms with E-state index in [1.54, 1.807) is 24.3 Å². The molecule has 6 nitrogen and oxygen atoms in total. The summed E-state index contributed by atoms with van der Waals surface area (Å²) in [7, 11) is 0. The number of nitriles is 1. The molecular weight excluding hydrogens is 376 g/mol. The molecule has 1 N–H and O–H groups in total. The van der Waals surface area contributed by atoms with E-state index in [0.717, 1.165) is 48.4 Å². The molecule has 0 saturated carbocycles. The van der Waals surface area contributed by atoms with Gasteiger partial charge >= 0.3 is 0 Å². The number of aromatic nitrogens is 1. The van der Waals surface area contributed by atoms with Crippen LogP contribution in [0.5, 0.6) is 0 Å². The lowest BCUT2D eigenvalue weighted by Gasteiger charge is -2.21. The lowest BCUT2D eigenvalue weighted by molar-refractivity contribution is 0.0788. The number of nitrogens with zero attached hydrogens (tertiary/aromatic N) is 3. The van der Waals surface area contributed by atoms with E-state index in [2.05, 4.69) is 27.3 Å². The highest BCUT2D eigenvalue weighted by molar-refractivity contribution is 6.05. The largest absolute Gasteiger partial charge is 0.377 e. The van der Waals surface area contributed by atoms with E-state index in [1.807, 2.05) is 32.0 Å². The van der Waals surface area contributed by atoms with Crippen LogP contribution >= 0.6 is 0 Å². The topological polar surface area (TPSA) is 78.2 Å². The number of hydrogen-bond acceptors (Lipinski definition) is 5. The Bertz CT molecular complexity index is 1120. The van der Waals surface area contributed by atoms with Crippen molar-refractivity contribution in [2.24, 2.45) is 0 Å². The molecule has 0 spiro atoms. The number of ether oxygens (including phenoxy) is 1. The first-order valence-electron chi connectivity index (χ1n) is 10.2. The van der Waals surface area contributed by atoms with Crippen LogP contribution in [0.25, 0.3) is 10.9 Å². The normalized spacial score (nSPS) is 15.9. The minimum absolute atomic E-state index is 0.217. The third-order valence-corrected chi connectivity index (χ3v) is 5.34. The number of aryl methyl sites for hydroxylation is 1. The quantitative estimate of drug-likeness (QED) is 0.691. The van der Waals surface area contributed by atoms with Gasteiger partial charge in [-0.2, -0.15) is 5.26 Å². The second-order valence-electron chi connectivity index (χ2n) is 7.47. The fourth-order valence-corrected chi connectivity index (χ4v) is 3.90. The minimum Gasteiger partial charge on any atom is -0.377 e. The van der Waals surface area contributed by atoms with Crippen LogP contribution in [0.4, 0.5) is 11.4 Å². The number of benzene rings is 2. The highest BCUT2D eigenvalue weighted by atomic mass is 16.5. The van der Waals surface area contributed by atoms with E-state index >= 15 is 0 Å². The van der Waals surface area contributed by atoms with Crippen LogP contribution in [0.1, 0.15) is 35.0 Å². The van der Waals surface area contributed by atoms with Crippen molar-refractivity contribution in [1.29, 1.82) is 5.26 Å². The van der Waals surface area contributed by atoms with Gasteiger partial charge in [0.1, 0.15) is 0 Å². The van der Waals surface area contributed by atoms with Gasteiger partial charge in [0, 0.05) is 47.7 Å².